The normalized spacial score (nSPS) is 30.6. The fourth-order valence-electron chi connectivity index (χ4n) is 2.72. The van der Waals surface area contributed by atoms with E-state index in [9.17, 15) is 9.59 Å². The Bertz CT molecular complexity index is 525. The smallest absolute Gasteiger partial charge is 0.240 e. The molecule has 1 aliphatic carbocycles. The van der Waals surface area contributed by atoms with E-state index in [4.69, 9.17) is 5.73 Å². The zero-order chi connectivity index (χ0) is 13.2. The van der Waals surface area contributed by atoms with Crippen LogP contribution >= 0.6 is 11.3 Å². The lowest BCUT2D eigenvalue weighted by atomic mass is 10.1. The van der Waals surface area contributed by atoms with E-state index in [2.05, 4.69) is 4.98 Å². The first-order valence-electron chi connectivity index (χ1n) is 5.94. The molecule has 6 heteroatoms. The van der Waals surface area contributed by atoms with Crippen LogP contribution in [0.5, 0.6) is 0 Å². The standard InChI is InChI=1S/C12H15N3O2S/c1-5(13)6-4-18-11(14-6)15-9(16)7-8(10(15)17)12(7,2)3/h4-5,7-8H,13H2,1-3H3. The summed E-state index contributed by atoms with van der Waals surface area (Å²) in [7, 11) is 0. The van der Waals surface area contributed by atoms with Gasteiger partial charge in [0, 0.05) is 11.4 Å². The predicted molar refractivity (Wildman–Crippen MR) is 68.0 cm³/mol. The highest BCUT2D eigenvalue weighted by Crippen LogP contribution is 2.63. The van der Waals surface area contributed by atoms with Crippen LogP contribution in [0.1, 0.15) is 32.5 Å². The van der Waals surface area contributed by atoms with Gasteiger partial charge >= 0.3 is 0 Å². The molecule has 1 aliphatic heterocycles. The largest absolute Gasteiger partial charge is 0.323 e. The van der Waals surface area contributed by atoms with Gasteiger partial charge in [0.05, 0.1) is 17.5 Å². The Hall–Kier alpha value is -1.27. The molecule has 0 radical (unpaired) electrons. The Labute approximate surface area is 109 Å². The van der Waals surface area contributed by atoms with Crippen molar-refractivity contribution < 1.29 is 9.59 Å². The number of rotatable bonds is 2. The van der Waals surface area contributed by atoms with E-state index in [1.54, 1.807) is 5.38 Å². The summed E-state index contributed by atoms with van der Waals surface area (Å²) in [6.45, 7) is 5.75. The van der Waals surface area contributed by atoms with Crippen molar-refractivity contribution in [1.82, 2.24) is 4.98 Å². The molecule has 96 valence electrons. The van der Waals surface area contributed by atoms with Crippen molar-refractivity contribution in [2.45, 2.75) is 26.8 Å². The second kappa shape index (κ2) is 3.39. The van der Waals surface area contributed by atoms with E-state index in [-0.39, 0.29) is 35.1 Å². The second-order valence-electron chi connectivity index (χ2n) is 5.63. The maximum absolute atomic E-state index is 12.2. The highest BCUT2D eigenvalue weighted by Gasteiger charge is 2.73. The van der Waals surface area contributed by atoms with Gasteiger partial charge in [0.25, 0.3) is 0 Å². The molecular formula is C12H15N3O2S. The Balaban J connectivity index is 1.91. The number of carbonyl (C=O) groups is 2. The molecule has 3 unspecified atom stereocenters. The van der Waals surface area contributed by atoms with Crippen LogP contribution in [-0.4, -0.2) is 16.8 Å². The molecule has 3 atom stereocenters. The molecule has 1 saturated heterocycles. The molecule has 0 bridgehead atoms. The number of piperidine rings is 1. The van der Waals surface area contributed by atoms with Gasteiger partial charge in [-0.3, -0.25) is 9.59 Å². The number of thiazole rings is 1. The summed E-state index contributed by atoms with van der Waals surface area (Å²) in [4.78, 5) is 29.9. The number of anilines is 1. The van der Waals surface area contributed by atoms with Gasteiger partial charge in [-0.05, 0) is 12.3 Å². The molecule has 5 nitrogen and oxygen atoms in total. The van der Waals surface area contributed by atoms with Crippen LogP contribution in [0.25, 0.3) is 0 Å². The number of imide groups is 1. The minimum Gasteiger partial charge on any atom is -0.323 e. The Kier molecular flexibility index (Phi) is 2.22. The van der Waals surface area contributed by atoms with Crippen molar-refractivity contribution in [1.29, 1.82) is 0 Å². The van der Waals surface area contributed by atoms with Gasteiger partial charge in [-0.15, -0.1) is 11.3 Å². The molecule has 2 amide bonds. The van der Waals surface area contributed by atoms with Crippen LogP contribution in [0.4, 0.5) is 5.13 Å². The Morgan fingerprint density at radius 1 is 1.39 bits per heavy atom. The highest BCUT2D eigenvalue weighted by atomic mass is 32.1. The number of nitrogens with zero attached hydrogens (tertiary/aromatic N) is 2. The number of fused-ring (bicyclic) bond motifs is 1. The molecule has 2 fully saturated rings. The van der Waals surface area contributed by atoms with Crippen molar-refractivity contribution in [2.75, 3.05) is 4.90 Å². The number of aromatic nitrogens is 1. The minimum atomic E-state index is -0.186. The van der Waals surface area contributed by atoms with Crippen LogP contribution in [0, 0.1) is 17.3 Å². The molecule has 0 aromatic carbocycles. The third-order valence-electron chi connectivity index (χ3n) is 3.97. The molecule has 3 rings (SSSR count). The number of nitrogens with two attached hydrogens (primary N) is 1. The first kappa shape index (κ1) is 11.8. The molecule has 18 heavy (non-hydrogen) atoms. The summed E-state index contributed by atoms with van der Waals surface area (Å²) < 4.78 is 0. The first-order chi connectivity index (χ1) is 8.35. The lowest BCUT2D eigenvalue weighted by molar-refractivity contribution is -0.125. The van der Waals surface area contributed by atoms with Gasteiger partial charge in [0.1, 0.15) is 0 Å². The molecule has 2 N–H and O–H groups in total. The SMILES string of the molecule is CC(N)c1csc(N2C(=O)C3C(C2=O)C3(C)C)n1. The third-order valence-corrected chi connectivity index (χ3v) is 4.81. The van der Waals surface area contributed by atoms with Crippen LogP contribution in [0.3, 0.4) is 0 Å². The lowest BCUT2D eigenvalue weighted by Crippen LogP contribution is -2.36. The molecular weight excluding hydrogens is 250 g/mol. The van der Waals surface area contributed by atoms with Gasteiger partial charge in [0.2, 0.25) is 11.8 Å². The molecule has 0 spiro atoms. The second-order valence-corrected chi connectivity index (χ2v) is 6.47. The Morgan fingerprint density at radius 3 is 2.39 bits per heavy atom. The van der Waals surface area contributed by atoms with Gasteiger partial charge in [-0.2, -0.15) is 0 Å². The molecule has 1 saturated carbocycles. The van der Waals surface area contributed by atoms with E-state index in [1.165, 1.54) is 16.2 Å². The minimum absolute atomic E-state index is 0.111. The van der Waals surface area contributed by atoms with Crippen LogP contribution in [0.2, 0.25) is 0 Å². The average molecular weight is 265 g/mol. The van der Waals surface area contributed by atoms with Crippen LogP contribution in [0.15, 0.2) is 5.38 Å². The van der Waals surface area contributed by atoms with Crippen LogP contribution < -0.4 is 10.6 Å². The highest BCUT2D eigenvalue weighted by molar-refractivity contribution is 7.14. The maximum atomic E-state index is 12.2. The summed E-state index contributed by atoms with van der Waals surface area (Å²) in [5, 5.41) is 2.26. The monoisotopic (exact) mass is 265 g/mol. The van der Waals surface area contributed by atoms with Crippen molar-refractivity contribution >= 4 is 28.3 Å². The van der Waals surface area contributed by atoms with Crippen molar-refractivity contribution in [3.8, 4) is 0 Å². The molecule has 2 aliphatic rings. The number of amides is 2. The molecule has 2 heterocycles. The number of carbonyl (C=O) groups excluding carboxylic acids is 2. The lowest BCUT2D eigenvalue weighted by Gasteiger charge is -2.17. The van der Waals surface area contributed by atoms with E-state index in [0.29, 0.717) is 5.13 Å². The van der Waals surface area contributed by atoms with Crippen molar-refractivity contribution in [2.24, 2.45) is 23.0 Å². The fourth-order valence-corrected chi connectivity index (χ4v) is 3.66. The first-order valence-corrected chi connectivity index (χ1v) is 6.82. The average Bonchev–Trinajstić information content (AvgIpc) is 2.65. The van der Waals surface area contributed by atoms with E-state index >= 15 is 0 Å². The topological polar surface area (TPSA) is 76.3 Å². The predicted octanol–water partition coefficient (Wildman–Crippen LogP) is 1.31. The fraction of sp³-hybridized carbons (Fsp3) is 0.583. The number of hydrogen-bond donors (Lipinski definition) is 1. The summed E-state index contributed by atoms with van der Waals surface area (Å²) in [6, 6.07) is -0.186. The van der Waals surface area contributed by atoms with Gasteiger partial charge in [-0.1, -0.05) is 13.8 Å². The van der Waals surface area contributed by atoms with Crippen molar-refractivity contribution in [3.63, 3.8) is 0 Å². The maximum Gasteiger partial charge on any atom is 0.240 e. The Morgan fingerprint density at radius 2 is 1.94 bits per heavy atom. The van der Waals surface area contributed by atoms with Crippen molar-refractivity contribution in [3.05, 3.63) is 11.1 Å². The summed E-state index contributed by atoms with van der Waals surface area (Å²) >= 11 is 1.30. The zero-order valence-electron chi connectivity index (χ0n) is 10.5. The van der Waals surface area contributed by atoms with Crippen LogP contribution in [-0.2, 0) is 9.59 Å². The van der Waals surface area contributed by atoms with E-state index < -0.39 is 0 Å². The van der Waals surface area contributed by atoms with Gasteiger partial charge < -0.3 is 5.73 Å². The summed E-state index contributed by atoms with van der Waals surface area (Å²) in [5.41, 5.74) is 6.27. The summed E-state index contributed by atoms with van der Waals surface area (Å²) in [6.07, 6.45) is 0. The quantitative estimate of drug-likeness (QED) is 0.818. The molecule has 1 aromatic heterocycles. The van der Waals surface area contributed by atoms with E-state index in [0.717, 1.165) is 5.69 Å². The number of hydrogen-bond acceptors (Lipinski definition) is 5. The zero-order valence-corrected chi connectivity index (χ0v) is 11.3. The summed E-state index contributed by atoms with van der Waals surface area (Å²) in [5.74, 6) is -0.540. The van der Waals surface area contributed by atoms with Gasteiger partial charge in [-0.25, -0.2) is 9.88 Å². The van der Waals surface area contributed by atoms with Gasteiger partial charge in [0.15, 0.2) is 5.13 Å². The third kappa shape index (κ3) is 1.33. The van der Waals surface area contributed by atoms with E-state index in [1.807, 2.05) is 20.8 Å². The molecule has 1 aromatic rings.